The van der Waals surface area contributed by atoms with Crippen molar-refractivity contribution in [3.8, 4) is 0 Å². The van der Waals surface area contributed by atoms with Crippen LogP contribution in [-0.2, 0) is 11.8 Å². The van der Waals surface area contributed by atoms with Crippen LogP contribution in [0.5, 0.6) is 0 Å². The molecular weight excluding hydrogens is 366 g/mol. The lowest BCUT2D eigenvalue weighted by Crippen LogP contribution is -2.36. The highest BCUT2D eigenvalue weighted by molar-refractivity contribution is 6.06. The van der Waals surface area contributed by atoms with E-state index in [9.17, 15) is 4.79 Å². The van der Waals surface area contributed by atoms with E-state index in [0.717, 1.165) is 54.3 Å². The van der Waals surface area contributed by atoms with Gasteiger partial charge >= 0.3 is 0 Å². The fourth-order valence-electron chi connectivity index (χ4n) is 3.90. The van der Waals surface area contributed by atoms with E-state index in [1.807, 2.05) is 33.9 Å². The average Bonchev–Trinajstić information content (AvgIpc) is 3.01. The fourth-order valence-corrected chi connectivity index (χ4v) is 3.90. The molecule has 1 atom stereocenters. The second kappa shape index (κ2) is 7.83. The number of hydrogen-bond donors (Lipinski definition) is 1. The van der Waals surface area contributed by atoms with E-state index in [0.29, 0.717) is 5.56 Å². The van der Waals surface area contributed by atoms with Gasteiger partial charge in [0.2, 0.25) is 0 Å². The highest BCUT2D eigenvalue weighted by Gasteiger charge is 2.20. The number of morpholine rings is 1. The molecule has 0 spiro atoms. The van der Waals surface area contributed by atoms with Crippen LogP contribution in [0.1, 0.15) is 40.3 Å². The number of pyridine rings is 1. The summed E-state index contributed by atoms with van der Waals surface area (Å²) in [5.41, 5.74) is 5.22. The summed E-state index contributed by atoms with van der Waals surface area (Å²) in [6.07, 6.45) is 0. The Balaban J connectivity index is 1.53. The number of rotatable bonds is 4. The minimum absolute atomic E-state index is 0.110. The number of carbonyl (C=O) groups excluding carboxylic acids is 1. The Morgan fingerprint density at radius 3 is 2.55 bits per heavy atom. The van der Waals surface area contributed by atoms with Crippen LogP contribution in [0.4, 0.5) is 5.69 Å². The Bertz CT molecular complexity index is 1040. The predicted molar refractivity (Wildman–Crippen MR) is 113 cm³/mol. The molecule has 2 aromatic heterocycles. The first-order valence-corrected chi connectivity index (χ1v) is 9.98. The first kappa shape index (κ1) is 19.4. The quantitative estimate of drug-likeness (QED) is 0.738. The highest BCUT2D eigenvalue weighted by Crippen LogP contribution is 2.24. The molecule has 1 unspecified atom stereocenters. The molecule has 3 aromatic rings. The maximum atomic E-state index is 13.1. The van der Waals surface area contributed by atoms with Crippen LogP contribution in [0, 0.1) is 13.8 Å². The summed E-state index contributed by atoms with van der Waals surface area (Å²) in [5, 5.41) is 8.37. The maximum Gasteiger partial charge on any atom is 0.252 e. The molecule has 0 bridgehead atoms. The molecule has 3 heterocycles. The van der Waals surface area contributed by atoms with Crippen molar-refractivity contribution in [2.45, 2.75) is 26.8 Å². The molecule has 0 saturated carbocycles. The van der Waals surface area contributed by atoms with E-state index in [1.54, 1.807) is 4.68 Å². The maximum absolute atomic E-state index is 13.1. The Labute approximate surface area is 170 Å². The number of fused-ring (bicyclic) bond motifs is 1. The van der Waals surface area contributed by atoms with Gasteiger partial charge in [-0.3, -0.25) is 9.48 Å². The minimum Gasteiger partial charge on any atom is -0.378 e. The average molecular weight is 393 g/mol. The number of carbonyl (C=O) groups is 1. The van der Waals surface area contributed by atoms with E-state index in [2.05, 4.69) is 44.6 Å². The predicted octanol–water partition coefficient (Wildman–Crippen LogP) is 2.91. The number of amides is 1. The van der Waals surface area contributed by atoms with Gasteiger partial charge < -0.3 is 15.0 Å². The molecule has 1 aromatic carbocycles. The zero-order valence-corrected chi connectivity index (χ0v) is 17.4. The topological polar surface area (TPSA) is 72.3 Å². The summed E-state index contributed by atoms with van der Waals surface area (Å²) in [7, 11) is 1.85. The Hall–Kier alpha value is -2.93. The number of nitrogens with zero attached hydrogens (tertiary/aromatic N) is 4. The molecule has 4 rings (SSSR count). The smallest absolute Gasteiger partial charge is 0.252 e. The number of nitrogens with one attached hydrogen (secondary N) is 1. The van der Waals surface area contributed by atoms with Gasteiger partial charge in [-0.2, -0.15) is 5.10 Å². The van der Waals surface area contributed by atoms with Crippen molar-refractivity contribution in [1.29, 1.82) is 0 Å². The van der Waals surface area contributed by atoms with Crippen LogP contribution < -0.4 is 10.2 Å². The van der Waals surface area contributed by atoms with Crippen molar-refractivity contribution in [1.82, 2.24) is 20.1 Å². The Kier molecular flexibility index (Phi) is 5.24. The van der Waals surface area contributed by atoms with Crippen LogP contribution in [0.15, 0.2) is 30.3 Å². The third kappa shape index (κ3) is 3.82. The Morgan fingerprint density at radius 2 is 1.86 bits per heavy atom. The summed E-state index contributed by atoms with van der Waals surface area (Å²) in [5.74, 6) is -0.110. The van der Waals surface area contributed by atoms with Crippen molar-refractivity contribution in [2.75, 3.05) is 31.2 Å². The second-order valence-electron chi connectivity index (χ2n) is 7.60. The van der Waals surface area contributed by atoms with Gasteiger partial charge in [0.1, 0.15) is 0 Å². The van der Waals surface area contributed by atoms with Gasteiger partial charge in [0.05, 0.1) is 35.9 Å². The third-order valence-electron chi connectivity index (χ3n) is 5.46. The number of anilines is 1. The van der Waals surface area contributed by atoms with Gasteiger partial charge in [-0.15, -0.1) is 0 Å². The molecular formula is C22H27N5O2. The molecule has 1 aliphatic heterocycles. The number of ether oxygens (including phenoxy) is 1. The number of aromatic nitrogens is 3. The zero-order valence-electron chi connectivity index (χ0n) is 17.4. The lowest BCUT2D eigenvalue weighted by molar-refractivity contribution is 0.0941. The molecule has 7 heteroatoms. The van der Waals surface area contributed by atoms with Crippen molar-refractivity contribution in [2.24, 2.45) is 7.05 Å². The van der Waals surface area contributed by atoms with Crippen LogP contribution in [0.25, 0.3) is 11.0 Å². The molecule has 1 saturated heterocycles. The largest absolute Gasteiger partial charge is 0.378 e. The number of aryl methyl sites for hydroxylation is 3. The van der Waals surface area contributed by atoms with Crippen molar-refractivity contribution in [3.05, 3.63) is 52.8 Å². The molecule has 7 nitrogen and oxygen atoms in total. The number of hydrogen-bond acceptors (Lipinski definition) is 5. The molecule has 1 amide bonds. The van der Waals surface area contributed by atoms with Crippen molar-refractivity contribution >= 4 is 22.6 Å². The van der Waals surface area contributed by atoms with Crippen molar-refractivity contribution in [3.63, 3.8) is 0 Å². The van der Waals surface area contributed by atoms with Crippen LogP contribution >= 0.6 is 0 Å². The summed E-state index contributed by atoms with van der Waals surface area (Å²) in [6.45, 7) is 9.16. The van der Waals surface area contributed by atoms with E-state index >= 15 is 0 Å². The number of benzene rings is 1. The van der Waals surface area contributed by atoms with Crippen LogP contribution in [-0.4, -0.2) is 47.0 Å². The van der Waals surface area contributed by atoms with E-state index in [-0.39, 0.29) is 11.9 Å². The molecule has 0 radical (unpaired) electrons. The van der Waals surface area contributed by atoms with E-state index in [1.165, 1.54) is 5.69 Å². The summed E-state index contributed by atoms with van der Waals surface area (Å²) in [4.78, 5) is 19.9. The minimum atomic E-state index is -0.110. The fraction of sp³-hybridized carbons (Fsp3) is 0.409. The molecule has 0 aliphatic carbocycles. The standard InChI is InChI=1S/C22H27N5O2/c1-14-13-19(20-16(3)25-26(4)21(20)23-14)22(28)24-15(2)17-5-7-18(8-6-17)27-9-11-29-12-10-27/h5-8,13,15H,9-12H2,1-4H3,(H,24,28). The first-order valence-electron chi connectivity index (χ1n) is 9.98. The first-order chi connectivity index (χ1) is 13.9. The molecule has 29 heavy (non-hydrogen) atoms. The lowest BCUT2D eigenvalue weighted by Gasteiger charge is -2.29. The van der Waals surface area contributed by atoms with E-state index < -0.39 is 0 Å². The van der Waals surface area contributed by atoms with Gasteiger partial charge in [0.25, 0.3) is 5.91 Å². The molecule has 1 N–H and O–H groups in total. The van der Waals surface area contributed by atoms with Gasteiger partial charge in [0.15, 0.2) is 5.65 Å². The third-order valence-corrected chi connectivity index (χ3v) is 5.46. The lowest BCUT2D eigenvalue weighted by atomic mass is 10.1. The summed E-state index contributed by atoms with van der Waals surface area (Å²) < 4.78 is 7.14. The SMILES string of the molecule is Cc1cc(C(=O)NC(C)c2ccc(N3CCOCC3)cc2)c2c(C)nn(C)c2n1. The molecule has 152 valence electrons. The van der Waals surface area contributed by atoms with Gasteiger partial charge in [-0.1, -0.05) is 12.1 Å². The summed E-state index contributed by atoms with van der Waals surface area (Å²) in [6, 6.07) is 10.1. The second-order valence-corrected chi connectivity index (χ2v) is 7.60. The summed E-state index contributed by atoms with van der Waals surface area (Å²) >= 11 is 0. The van der Waals surface area contributed by atoms with Crippen molar-refractivity contribution < 1.29 is 9.53 Å². The van der Waals surface area contributed by atoms with Gasteiger partial charge in [-0.25, -0.2) is 4.98 Å². The van der Waals surface area contributed by atoms with Crippen LogP contribution in [0.2, 0.25) is 0 Å². The Morgan fingerprint density at radius 1 is 1.17 bits per heavy atom. The monoisotopic (exact) mass is 393 g/mol. The normalized spacial score (nSPS) is 15.5. The van der Waals surface area contributed by atoms with Gasteiger partial charge in [-0.05, 0) is 44.5 Å². The van der Waals surface area contributed by atoms with Crippen LogP contribution in [0.3, 0.4) is 0 Å². The highest BCUT2D eigenvalue weighted by atomic mass is 16.5. The zero-order chi connectivity index (χ0) is 20.5. The van der Waals surface area contributed by atoms with E-state index in [4.69, 9.17) is 4.74 Å². The van der Waals surface area contributed by atoms with Gasteiger partial charge in [0, 0.05) is 31.5 Å². The molecule has 1 aliphatic rings. The molecule has 1 fully saturated rings.